The molecule has 2 amide bonds. The average molecular weight is 386 g/mol. The Morgan fingerprint density at radius 1 is 1.29 bits per heavy atom. The normalized spacial score (nSPS) is 18.1. The zero-order chi connectivity index (χ0) is 20.8. The van der Waals surface area contributed by atoms with Gasteiger partial charge >= 0.3 is 5.97 Å². The summed E-state index contributed by atoms with van der Waals surface area (Å²) >= 11 is 0. The molecule has 0 bridgehead atoms. The molecule has 0 aliphatic carbocycles. The van der Waals surface area contributed by atoms with Gasteiger partial charge in [-0.3, -0.25) is 9.59 Å². The molecule has 152 valence electrons. The lowest BCUT2D eigenvalue weighted by Gasteiger charge is -2.34. The highest BCUT2D eigenvalue weighted by Crippen LogP contribution is 2.37. The van der Waals surface area contributed by atoms with E-state index in [1.807, 2.05) is 45.0 Å². The number of esters is 1. The van der Waals surface area contributed by atoms with Crippen LogP contribution < -0.4 is 5.32 Å². The van der Waals surface area contributed by atoms with Crippen molar-refractivity contribution in [3.63, 3.8) is 0 Å². The van der Waals surface area contributed by atoms with Crippen molar-refractivity contribution in [1.29, 1.82) is 0 Å². The number of benzene rings is 1. The Bertz CT molecular complexity index is 784. The van der Waals surface area contributed by atoms with E-state index in [-0.39, 0.29) is 43.3 Å². The SMILES string of the molecule is CCOC(=O)C1=C(C)N(CC(=O)N[C@H](C)CC)C(=O)C[C@@H]1c1cccc(C)c1. The first-order valence-corrected chi connectivity index (χ1v) is 9.82. The van der Waals surface area contributed by atoms with Gasteiger partial charge in [-0.15, -0.1) is 0 Å². The van der Waals surface area contributed by atoms with Gasteiger partial charge in [-0.25, -0.2) is 4.79 Å². The maximum absolute atomic E-state index is 12.8. The van der Waals surface area contributed by atoms with Crippen LogP contribution in [0.3, 0.4) is 0 Å². The number of ether oxygens (including phenoxy) is 1. The molecule has 6 heteroatoms. The van der Waals surface area contributed by atoms with Gasteiger partial charge < -0.3 is 15.0 Å². The molecule has 1 aromatic carbocycles. The second-order valence-electron chi connectivity index (χ2n) is 7.25. The lowest BCUT2D eigenvalue weighted by molar-refractivity contribution is -0.141. The second-order valence-corrected chi connectivity index (χ2v) is 7.25. The van der Waals surface area contributed by atoms with E-state index in [9.17, 15) is 14.4 Å². The molecule has 1 aromatic rings. The standard InChI is InChI=1S/C22H30N2O4/c1-6-15(4)23-19(25)13-24-16(5)21(22(27)28-7-2)18(12-20(24)26)17-10-8-9-14(3)11-17/h8-11,15,18H,6-7,12-13H2,1-5H3,(H,23,25)/t15-,18-/m1/s1. The van der Waals surface area contributed by atoms with Crippen molar-refractivity contribution in [2.75, 3.05) is 13.2 Å². The summed E-state index contributed by atoms with van der Waals surface area (Å²) in [4.78, 5) is 39.3. The molecule has 0 radical (unpaired) electrons. The monoisotopic (exact) mass is 386 g/mol. The third-order valence-electron chi connectivity index (χ3n) is 5.08. The topological polar surface area (TPSA) is 75.7 Å². The summed E-state index contributed by atoms with van der Waals surface area (Å²) in [7, 11) is 0. The van der Waals surface area contributed by atoms with Gasteiger partial charge in [0.25, 0.3) is 0 Å². The quantitative estimate of drug-likeness (QED) is 0.731. The number of aryl methyl sites for hydroxylation is 1. The van der Waals surface area contributed by atoms with Crippen LogP contribution in [0.15, 0.2) is 35.5 Å². The molecule has 6 nitrogen and oxygen atoms in total. The van der Waals surface area contributed by atoms with Gasteiger partial charge in [0.15, 0.2) is 0 Å². The molecular formula is C22H30N2O4. The Hall–Kier alpha value is -2.63. The third kappa shape index (κ3) is 5.00. The molecule has 28 heavy (non-hydrogen) atoms. The molecular weight excluding hydrogens is 356 g/mol. The highest BCUT2D eigenvalue weighted by Gasteiger charge is 2.37. The lowest BCUT2D eigenvalue weighted by Crippen LogP contribution is -2.45. The number of hydrogen-bond acceptors (Lipinski definition) is 4. The summed E-state index contributed by atoms with van der Waals surface area (Å²) in [6.07, 6.45) is 0.934. The Morgan fingerprint density at radius 2 is 2.00 bits per heavy atom. The number of nitrogens with one attached hydrogen (secondary N) is 1. The Kier molecular flexibility index (Phi) is 7.38. The molecule has 0 unspecified atom stereocenters. The number of nitrogens with zero attached hydrogens (tertiary/aromatic N) is 1. The van der Waals surface area contributed by atoms with Gasteiger partial charge in [-0.2, -0.15) is 0 Å². The number of hydrogen-bond donors (Lipinski definition) is 1. The molecule has 1 aliphatic heterocycles. The van der Waals surface area contributed by atoms with Crippen molar-refractivity contribution < 1.29 is 19.1 Å². The molecule has 2 rings (SSSR count). The molecule has 2 atom stereocenters. The summed E-state index contributed by atoms with van der Waals surface area (Å²) in [6, 6.07) is 7.82. The fourth-order valence-corrected chi connectivity index (χ4v) is 3.41. The molecule has 0 fully saturated rings. The van der Waals surface area contributed by atoms with Crippen LogP contribution in [0.1, 0.15) is 57.6 Å². The molecule has 0 saturated carbocycles. The van der Waals surface area contributed by atoms with Crippen molar-refractivity contribution in [2.24, 2.45) is 0 Å². The van der Waals surface area contributed by atoms with Crippen LogP contribution in [0, 0.1) is 6.92 Å². The fourth-order valence-electron chi connectivity index (χ4n) is 3.41. The first kappa shape index (κ1) is 21.7. The van der Waals surface area contributed by atoms with Gasteiger partial charge in [0, 0.05) is 24.1 Å². The number of amides is 2. The predicted octanol–water partition coefficient (Wildman–Crippen LogP) is 3.06. The van der Waals surface area contributed by atoms with Crippen LogP contribution in [-0.4, -0.2) is 41.9 Å². The van der Waals surface area contributed by atoms with Crippen molar-refractivity contribution in [3.05, 3.63) is 46.7 Å². The minimum Gasteiger partial charge on any atom is -0.463 e. The van der Waals surface area contributed by atoms with E-state index in [1.165, 1.54) is 4.90 Å². The zero-order valence-electron chi connectivity index (χ0n) is 17.4. The first-order valence-electron chi connectivity index (χ1n) is 9.82. The maximum atomic E-state index is 12.8. The van der Waals surface area contributed by atoms with Gasteiger partial charge in [-0.05, 0) is 39.7 Å². The summed E-state index contributed by atoms with van der Waals surface area (Å²) in [5.41, 5.74) is 2.89. The highest BCUT2D eigenvalue weighted by atomic mass is 16.5. The van der Waals surface area contributed by atoms with Crippen LogP contribution >= 0.6 is 0 Å². The van der Waals surface area contributed by atoms with E-state index in [0.717, 1.165) is 17.5 Å². The van der Waals surface area contributed by atoms with Crippen molar-refractivity contribution >= 4 is 17.8 Å². The third-order valence-corrected chi connectivity index (χ3v) is 5.08. The second kappa shape index (κ2) is 9.53. The van der Waals surface area contributed by atoms with E-state index >= 15 is 0 Å². The van der Waals surface area contributed by atoms with Gasteiger partial charge in [0.2, 0.25) is 11.8 Å². The van der Waals surface area contributed by atoms with E-state index in [4.69, 9.17) is 4.74 Å². The van der Waals surface area contributed by atoms with Gasteiger partial charge in [-0.1, -0.05) is 36.8 Å². The van der Waals surface area contributed by atoms with E-state index in [1.54, 1.807) is 13.8 Å². The van der Waals surface area contributed by atoms with Crippen LogP contribution in [0.25, 0.3) is 0 Å². The van der Waals surface area contributed by atoms with E-state index in [2.05, 4.69) is 5.32 Å². The van der Waals surface area contributed by atoms with Gasteiger partial charge in [0.05, 0.1) is 12.2 Å². The molecule has 0 spiro atoms. The van der Waals surface area contributed by atoms with Crippen LogP contribution in [-0.2, 0) is 19.1 Å². The van der Waals surface area contributed by atoms with Crippen LogP contribution in [0.4, 0.5) is 0 Å². The predicted molar refractivity (Wildman–Crippen MR) is 107 cm³/mol. The Labute approximate surface area is 166 Å². The smallest absolute Gasteiger partial charge is 0.336 e. The van der Waals surface area contributed by atoms with E-state index in [0.29, 0.717) is 11.3 Å². The summed E-state index contributed by atoms with van der Waals surface area (Å²) in [5, 5.41) is 2.87. The number of carbonyl (C=O) groups is 3. The zero-order valence-corrected chi connectivity index (χ0v) is 17.4. The van der Waals surface area contributed by atoms with Crippen LogP contribution in [0.2, 0.25) is 0 Å². The van der Waals surface area contributed by atoms with Gasteiger partial charge in [0.1, 0.15) is 6.54 Å². The summed E-state index contributed by atoms with van der Waals surface area (Å²) in [5.74, 6) is -1.22. The first-order chi connectivity index (χ1) is 13.3. The maximum Gasteiger partial charge on any atom is 0.336 e. The van der Waals surface area contributed by atoms with Crippen molar-refractivity contribution in [1.82, 2.24) is 10.2 Å². The number of rotatable bonds is 7. The highest BCUT2D eigenvalue weighted by molar-refractivity contribution is 5.97. The largest absolute Gasteiger partial charge is 0.463 e. The van der Waals surface area contributed by atoms with E-state index < -0.39 is 5.97 Å². The average Bonchev–Trinajstić information content (AvgIpc) is 2.64. The minimum atomic E-state index is -0.439. The lowest BCUT2D eigenvalue weighted by atomic mass is 9.83. The number of carbonyl (C=O) groups excluding carboxylic acids is 3. The molecule has 0 aromatic heterocycles. The summed E-state index contributed by atoms with van der Waals surface area (Å²) < 4.78 is 5.27. The summed E-state index contributed by atoms with van der Waals surface area (Å²) in [6.45, 7) is 9.48. The molecule has 1 N–H and O–H groups in total. The van der Waals surface area contributed by atoms with Crippen molar-refractivity contribution in [3.8, 4) is 0 Å². The van der Waals surface area contributed by atoms with Crippen LogP contribution in [0.5, 0.6) is 0 Å². The minimum absolute atomic E-state index is 0.0289. The molecule has 1 aliphatic rings. The molecule has 0 saturated heterocycles. The Morgan fingerprint density at radius 3 is 2.61 bits per heavy atom. The fraction of sp³-hybridized carbons (Fsp3) is 0.500. The van der Waals surface area contributed by atoms with Crippen molar-refractivity contribution in [2.45, 2.75) is 59.4 Å². The molecule has 1 heterocycles. The Balaban J connectivity index is 2.40. The number of allylic oxidation sites excluding steroid dienone is 1.